The normalized spacial score (nSPS) is 23.4. The molecule has 1 aliphatic rings. The van der Waals surface area contributed by atoms with Crippen LogP contribution in [0.1, 0.15) is 31.9 Å². The fourth-order valence-corrected chi connectivity index (χ4v) is 2.18. The summed E-state index contributed by atoms with van der Waals surface area (Å²) < 4.78 is 19.2. The van der Waals surface area contributed by atoms with Gasteiger partial charge >= 0.3 is 0 Å². The minimum atomic E-state index is -1.88. The van der Waals surface area contributed by atoms with Gasteiger partial charge < -0.3 is 10.1 Å². The van der Waals surface area contributed by atoms with Gasteiger partial charge in [-0.05, 0) is 38.0 Å². The zero-order chi connectivity index (χ0) is 14.0. The zero-order valence-electron chi connectivity index (χ0n) is 11.0. The molecule has 0 unspecified atom stereocenters. The van der Waals surface area contributed by atoms with Crippen LogP contribution in [0.15, 0.2) is 24.3 Å². The molecule has 2 atom stereocenters. The van der Waals surface area contributed by atoms with Gasteiger partial charge in [-0.2, -0.15) is 0 Å². The number of carbonyl (C=O) groups is 1. The molecule has 2 rings (SSSR count). The number of hydrogen-bond donors (Lipinski definition) is 1. The summed E-state index contributed by atoms with van der Waals surface area (Å²) in [6.07, 6.45) is 0.429. The van der Waals surface area contributed by atoms with Crippen LogP contribution in [-0.4, -0.2) is 24.2 Å². The van der Waals surface area contributed by atoms with Gasteiger partial charge in [0.15, 0.2) is 5.67 Å². The highest BCUT2D eigenvalue weighted by atomic mass is 35.5. The third-order valence-electron chi connectivity index (χ3n) is 3.15. The lowest BCUT2D eigenvalue weighted by Gasteiger charge is -2.23. The second kappa shape index (κ2) is 5.47. The predicted octanol–water partition coefficient (Wildman–Crippen LogP) is 3.03. The Kier molecular flexibility index (Phi) is 4.11. The van der Waals surface area contributed by atoms with Gasteiger partial charge in [-0.25, -0.2) is 4.39 Å². The first-order valence-corrected chi connectivity index (χ1v) is 6.62. The number of amides is 1. The summed E-state index contributed by atoms with van der Waals surface area (Å²) in [6.45, 7) is 3.04. The summed E-state index contributed by atoms with van der Waals surface area (Å²) in [7, 11) is 0. The molecule has 1 N–H and O–H groups in total. The SMILES string of the molecule is CC(C)(F)C(=O)N[C@@H]1CCO[C@H]1c1ccc(Cl)cc1. The number of carbonyl (C=O) groups excluding carboxylic acids is 1. The Morgan fingerprint density at radius 1 is 1.42 bits per heavy atom. The van der Waals surface area contributed by atoms with Crippen LogP contribution in [0.4, 0.5) is 4.39 Å². The molecule has 1 saturated heterocycles. The highest BCUT2D eigenvalue weighted by Gasteiger charge is 2.35. The molecule has 1 aromatic carbocycles. The molecule has 1 heterocycles. The van der Waals surface area contributed by atoms with E-state index in [0.717, 1.165) is 5.56 Å². The molecule has 0 aromatic heterocycles. The maximum absolute atomic E-state index is 13.5. The zero-order valence-corrected chi connectivity index (χ0v) is 11.7. The Balaban J connectivity index is 2.09. The van der Waals surface area contributed by atoms with E-state index in [9.17, 15) is 9.18 Å². The minimum Gasteiger partial charge on any atom is -0.371 e. The van der Waals surface area contributed by atoms with E-state index in [4.69, 9.17) is 16.3 Å². The molecule has 1 fully saturated rings. The van der Waals surface area contributed by atoms with Crippen molar-refractivity contribution in [2.24, 2.45) is 0 Å². The van der Waals surface area contributed by atoms with E-state index in [1.54, 1.807) is 12.1 Å². The Labute approximate surface area is 117 Å². The lowest BCUT2D eigenvalue weighted by molar-refractivity contribution is -0.132. The van der Waals surface area contributed by atoms with Crippen LogP contribution >= 0.6 is 11.6 Å². The molecule has 0 saturated carbocycles. The van der Waals surface area contributed by atoms with Crippen molar-refractivity contribution in [3.63, 3.8) is 0 Å². The van der Waals surface area contributed by atoms with Gasteiger partial charge in [-0.15, -0.1) is 0 Å². The maximum Gasteiger partial charge on any atom is 0.257 e. The first-order valence-electron chi connectivity index (χ1n) is 6.25. The van der Waals surface area contributed by atoms with Crippen LogP contribution in [0.2, 0.25) is 5.02 Å². The van der Waals surface area contributed by atoms with Crippen molar-refractivity contribution in [3.8, 4) is 0 Å². The van der Waals surface area contributed by atoms with Crippen molar-refractivity contribution in [3.05, 3.63) is 34.9 Å². The van der Waals surface area contributed by atoms with Crippen molar-refractivity contribution in [2.75, 3.05) is 6.61 Å². The van der Waals surface area contributed by atoms with Crippen LogP contribution in [0, 0.1) is 0 Å². The molecule has 1 amide bonds. The van der Waals surface area contributed by atoms with Crippen molar-refractivity contribution in [2.45, 2.75) is 38.1 Å². The molecule has 1 aromatic rings. The topological polar surface area (TPSA) is 38.3 Å². The molecule has 5 heteroatoms. The Bertz CT molecular complexity index is 456. The van der Waals surface area contributed by atoms with E-state index in [-0.39, 0.29) is 12.1 Å². The number of nitrogens with one attached hydrogen (secondary N) is 1. The Morgan fingerprint density at radius 2 is 2.05 bits per heavy atom. The van der Waals surface area contributed by atoms with Crippen molar-refractivity contribution >= 4 is 17.5 Å². The van der Waals surface area contributed by atoms with E-state index in [0.29, 0.717) is 18.1 Å². The summed E-state index contributed by atoms with van der Waals surface area (Å²) in [6, 6.07) is 7.06. The fourth-order valence-electron chi connectivity index (χ4n) is 2.06. The first-order chi connectivity index (χ1) is 8.88. The van der Waals surface area contributed by atoms with Gasteiger partial charge in [0.25, 0.3) is 5.91 Å². The first kappa shape index (κ1) is 14.3. The second-order valence-corrected chi connectivity index (χ2v) is 5.62. The highest BCUT2D eigenvalue weighted by Crippen LogP contribution is 2.30. The van der Waals surface area contributed by atoms with Crippen molar-refractivity contribution in [1.82, 2.24) is 5.32 Å². The van der Waals surface area contributed by atoms with E-state index in [2.05, 4.69) is 5.32 Å². The summed E-state index contributed by atoms with van der Waals surface area (Å²) in [4.78, 5) is 11.7. The number of rotatable bonds is 3. The summed E-state index contributed by atoms with van der Waals surface area (Å²) in [5, 5.41) is 3.36. The molecular formula is C14H17ClFNO2. The molecule has 3 nitrogen and oxygen atoms in total. The van der Waals surface area contributed by atoms with Crippen molar-refractivity contribution in [1.29, 1.82) is 0 Å². The highest BCUT2D eigenvalue weighted by molar-refractivity contribution is 6.30. The average Bonchev–Trinajstić information content (AvgIpc) is 2.77. The lowest BCUT2D eigenvalue weighted by atomic mass is 10.0. The average molecular weight is 286 g/mol. The third kappa shape index (κ3) is 3.45. The summed E-state index contributed by atoms with van der Waals surface area (Å²) >= 11 is 5.84. The largest absolute Gasteiger partial charge is 0.371 e. The molecule has 0 spiro atoms. The van der Waals surface area contributed by atoms with Crippen LogP contribution in [0.5, 0.6) is 0 Å². The van der Waals surface area contributed by atoms with Gasteiger partial charge in [-0.3, -0.25) is 4.79 Å². The molecule has 0 aliphatic carbocycles. The smallest absolute Gasteiger partial charge is 0.257 e. The quantitative estimate of drug-likeness (QED) is 0.927. The summed E-state index contributed by atoms with van der Waals surface area (Å²) in [5.74, 6) is -0.609. The van der Waals surface area contributed by atoms with Gasteiger partial charge in [0.1, 0.15) is 6.10 Å². The van der Waals surface area contributed by atoms with Crippen LogP contribution in [-0.2, 0) is 9.53 Å². The monoisotopic (exact) mass is 285 g/mol. The van der Waals surface area contributed by atoms with E-state index < -0.39 is 11.6 Å². The van der Waals surface area contributed by atoms with Crippen LogP contribution in [0.25, 0.3) is 0 Å². The number of alkyl halides is 1. The fraction of sp³-hybridized carbons (Fsp3) is 0.500. The number of ether oxygens (including phenoxy) is 1. The molecule has 0 bridgehead atoms. The van der Waals surface area contributed by atoms with E-state index in [1.165, 1.54) is 13.8 Å². The predicted molar refractivity (Wildman–Crippen MR) is 71.9 cm³/mol. The van der Waals surface area contributed by atoms with Gasteiger partial charge in [0.05, 0.1) is 6.04 Å². The Hall–Kier alpha value is -1.13. The van der Waals surface area contributed by atoms with E-state index >= 15 is 0 Å². The van der Waals surface area contributed by atoms with Crippen LogP contribution in [0.3, 0.4) is 0 Å². The van der Waals surface area contributed by atoms with Crippen LogP contribution < -0.4 is 5.32 Å². The second-order valence-electron chi connectivity index (χ2n) is 5.18. The third-order valence-corrected chi connectivity index (χ3v) is 3.40. The lowest BCUT2D eigenvalue weighted by Crippen LogP contribution is -2.45. The van der Waals surface area contributed by atoms with Gasteiger partial charge in [0.2, 0.25) is 0 Å². The molecule has 0 radical (unpaired) electrons. The number of benzene rings is 1. The molecule has 1 aliphatic heterocycles. The summed E-state index contributed by atoms with van der Waals surface area (Å²) in [5.41, 5.74) is -0.948. The molecule has 104 valence electrons. The van der Waals surface area contributed by atoms with Gasteiger partial charge in [0, 0.05) is 11.6 Å². The molecular weight excluding hydrogens is 269 g/mol. The molecule has 19 heavy (non-hydrogen) atoms. The van der Waals surface area contributed by atoms with Gasteiger partial charge in [-0.1, -0.05) is 23.7 Å². The number of halogens is 2. The van der Waals surface area contributed by atoms with Crippen molar-refractivity contribution < 1.29 is 13.9 Å². The van der Waals surface area contributed by atoms with E-state index in [1.807, 2.05) is 12.1 Å². The standard InChI is InChI=1S/C14H17ClFNO2/c1-14(2,16)13(18)17-11-7-8-19-12(11)9-3-5-10(15)6-4-9/h3-6,11-12H,7-8H2,1-2H3,(H,17,18)/t11-,12+/m1/s1. The minimum absolute atomic E-state index is 0.205. The maximum atomic E-state index is 13.5. The number of hydrogen-bond acceptors (Lipinski definition) is 2. The Morgan fingerprint density at radius 3 is 2.63 bits per heavy atom.